The number of ether oxygens (including phenoxy) is 1. The third-order valence-electron chi connectivity index (χ3n) is 6.73. The average molecular weight is 509 g/mol. The van der Waals surface area contributed by atoms with Crippen LogP contribution in [0.1, 0.15) is 51.8 Å². The highest BCUT2D eigenvalue weighted by molar-refractivity contribution is 5.93. The van der Waals surface area contributed by atoms with Gasteiger partial charge in [-0.3, -0.25) is 0 Å². The number of alkyl carbamates (subject to hydrolysis) is 1. The molecule has 1 fully saturated rings. The van der Waals surface area contributed by atoms with Crippen molar-refractivity contribution in [3.63, 3.8) is 0 Å². The average Bonchev–Trinajstić information content (AvgIpc) is 2.85. The van der Waals surface area contributed by atoms with Crippen LogP contribution in [0.15, 0.2) is 72.9 Å². The number of carbonyl (C=O) groups excluding carboxylic acids is 1. The van der Waals surface area contributed by atoms with Crippen molar-refractivity contribution in [1.29, 1.82) is 5.26 Å². The van der Waals surface area contributed by atoms with Gasteiger partial charge in [-0.25, -0.2) is 19.2 Å². The number of pyridine rings is 2. The molecule has 6 nitrogen and oxygen atoms in total. The Kier molecular flexibility index (Phi) is 6.15. The number of carbonyl (C=O) groups is 1. The number of nitrogens with one attached hydrogen (secondary N) is 1. The summed E-state index contributed by atoms with van der Waals surface area (Å²) in [6, 6.07) is 23.5. The van der Waals surface area contributed by atoms with Crippen molar-refractivity contribution < 1.29 is 13.9 Å². The predicted molar refractivity (Wildman–Crippen MR) is 145 cm³/mol. The quantitative estimate of drug-likeness (QED) is 0.318. The summed E-state index contributed by atoms with van der Waals surface area (Å²) in [7, 11) is 0. The summed E-state index contributed by atoms with van der Waals surface area (Å²) in [5, 5.41) is 13.2. The van der Waals surface area contributed by atoms with E-state index in [0.29, 0.717) is 16.6 Å². The SMILES string of the molecule is CC1(F)CC(NC(=O)OC(C)(C)C)(c2ccc(-c3nc4ccnc(C#N)c4cc3-c3ccccc3)cc2)C1. The van der Waals surface area contributed by atoms with E-state index in [9.17, 15) is 14.4 Å². The number of alkyl halides is 1. The maximum absolute atomic E-state index is 14.7. The second-order valence-corrected chi connectivity index (χ2v) is 11.1. The first-order chi connectivity index (χ1) is 18.0. The van der Waals surface area contributed by atoms with E-state index in [1.165, 1.54) is 0 Å². The lowest BCUT2D eigenvalue weighted by Crippen LogP contribution is -2.60. The minimum atomic E-state index is -1.37. The van der Waals surface area contributed by atoms with E-state index in [1.807, 2.05) is 60.7 Å². The fourth-order valence-corrected chi connectivity index (χ4v) is 5.26. The summed E-state index contributed by atoms with van der Waals surface area (Å²) >= 11 is 0. The number of halogens is 1. The first-order valence-electron chi connectivity index (χ1n) is 12.5. The molecule has 1 aliphatic carbocycles. The third kappa shape index (κ3) is 4.95. The summed E-state index contributed by atoms with van der Waals surface area (Å²) in [5.41, 5.74) is 2.37. The van der Waals surface area contributed by atoms with Crippen LogP contribution in [-0.4, -0.2) is 27.3 Å². The molecule has 2 heterocycles. The number of benzene rings is 2. The lowest BCUT2D eigenvalue weighted by molar-refractivity contribution is -0.0289. The number of nitriles is 1. The number of hydrogen-bond donors (Lipinski definition) is 1. The minimum Gasteiger partial charge on any atom is -0.444 e. The number of amides is 1. The Morgan fingerprint density at radius 2 is 1.74 bits per heavy atom. The highest BCUT2D eigenvalue weighted by Crippen LogP contribution is 2.51. The van der Waals surface area contributed by atoms with Crippen LogP contribution < -0.4 is 5.32 Å². The van der Waals surface area contributed by atoms with Gasteiger partial charge in [-0.1, -0.05) is 54.6 Å². The maximum Gasteiger partial charge on any atom is 0.408 e. The fraction of sp³-hybridized carbons (Fsp3) is 0.290. The van der Waals surface area contributed by atoms with Gasteiger partial charge in [0.15, 0.2) is 0 Å². The molecule has 0 saturated heterocycles. The monoisotopic (exact) mass is 508 g/mol. The van der Waals surface area contributed by atoms with E-state index in [0.717, 1.165) is 27.9 Å². The van der Waals surface area contributed by atoms with E-state index in [1.54, 1.807) is 40.0 Å². The van der Waals surface area contributed by atoms with Crippen LogP contribution in [-0.2, 0) is 10.3 Å². The fourth-order valence-electron chi connectivity index (χ4n) is 5.26. The predicted octanol–water partition coefficient (Wildman–Crippen LogP) is 7.08. The van der Waals surface area contributed by atoms with Crippen LogP contribution in [0.2, 0.25) is 0 Å². The molecule has 1 aliphatic rings. The molecule has 7 heteroatoms. The van der Waals surface area contributed by atoms with Crippen LogP contribution in [0.4, 0.5) is 9.18 Å². The Bertz CT molecular complexity index is 1540. The smallest absolute Gasteiger partial charge is 0.408 e. The van der Waals surface area contributed by atoms with Gasteiger partial charge in [0.2, 0.25) is 0 Å². The van der Waals surface area contributed by atoms with Crippen molar-refractivity contribution in [2.75, 3.05) is 0 Å². The Hall–Kier alpha value is -4.31. The van der Waals surface area contributed by atoms with Gasteiger partial charge in [-0.05, 0) is 51.0 Å². The molecule has 2 aromatic heterocycles. The van der Waals surface area contributed by atoms with Crippen molar-refractivity contribution in [2.45, 2.75) is 57.3 Å². The molecule has 2 aromatic carbocycles. The molecular formula is C31H29FN4O2. The van der Waals surface area contributed by atoms with Gasteiger partial charge in [0, 0.05) is 35.6 Å². The van der Waals surface area contributed by atoms with E-state index in [4.69, 9.17) is 9.72 Å². The van der Waals surface area contributed by atoms with Crippen molar-refractivity contribution in [3.8, 4) is 28.5 Å². The molecule has 1 amide bonds. The Balaban J connectivity index is 1.56. The van der Waals surface area contributed by atoms with E-state index < -0.39 is 22.9 Å². The zero-order valence-corrected chi connectivity index (χ0v) is 21.9. The molecule has 38 heavy (non-hydrogen) atoms. The molecule has 5 rings (SSSR count). The summed E-state index contributed by atoms with van der Waals surface area (Å²) < 4.78 is 20.2. The van der Waals surface area contributed by atoms with Crippen LogP contribution in [0.25, 0.3) is 33.3 Å². The van der Waals surface area contributed by atoms with Gasteiger partial charge in [0.1, 0.15) is 23.0 Å². The molecule has 192 valence electrons. The molecular weight excluding hydrogens is 479 g/mol. The Morgan fingerprint density at radius 1 is 1.05 bits per heavy atom. The lowest BCUT2D eigenvalue weighted by atomic mass is 9.63. The number of nitrogens with zero attached hydrogens (tertiary/aromatic N) is 3. The van der Waals surface area contributed by atoms with Gasteiger partial charge < -0.3 is 10.1 Å². The highest BCUT2D eigenvalue weighted by Gasteiger charge is 2.55. The molecule has 1 N–H and O–H groups in total. The number of aromatic nitrogens is 2. The standard InChI is InChI=1S/C31H29FN4O2/c1-29(2,3)38-28(37)36-31(18-30(4,32)19-31)22-12-10-21(11-13-22)27-23(20-8-6-5-7-9-20)16-24-25(35-27)14-15-34-26(24)17-33/h5-16H,18-19H2,1-4H3,(H,36,37). The lowest BCUT2D eigenvalue weighted by Gasteiger charge is -2.50. The summed E-state index contributed by atoms with van der Waals surface area (Å²) in [6.45, 7) is 6.94. The van der Waals surface area contributed by atoms with Crippen molar-refractivity contribution in [1.82, 2.24) is 15.3 Å². The number of hydrogen-bond acceptors (Lipinski definition) is 5. The molecule has 0 bridgehead atoms. The molecule has 0 radical (unpaired) electrons. The Morgan fingerprint density at radius 3 is 2.34 bits per heavy atom. The van der Waals surface area contributed by atoms with Crippen LogP contribution >= 0.6 is 0 Å². The number of fused-ring (bicyclic) bond motifs is 1. The second-order valence-electron chi connectivity index (χ2n) is 11.1. The largest absolute Gasteiger partial charge is 0.444 e. The molecule has 0 atom stereocenters. The first kappa shape index (κ1) is 25.3. The number of rotatable bonds is 4. The molecule has 0 aliphatic heterocycles. The van der Waals surface area contributed by atoms with Crippen LogP contribution in [0.3, 0.4) is 0 Å². The minimum absolute atomic E-state index is 0.159. The molecule has 0 unspecified atom stereocenters. The van der Waals surface area contributed by atoms with E-state index in [2.05, 4.69) is 16.4 Å². The highest BCUT2D eigenvalue weighted by atomic mass is 19.1. The second kappa shape index (κ2) is 9.21. The maximum atomic E-state index is 14.7. The molecule has 1 saturated carbocycles. The molecule has 0 spiro atoms. The van der Waals surface area contributed by atoms with E-state index in [-0.39, 0.29) is 12.8 Å². The summed E-state index contributed by atoms with van der Waals surface area (Å²) in [4.78, 5) is 21.7. The van der Waals surface area contributed by atoms with Crippen LogP contribution in [0.5, 0.6) is 0 Å². The van der Waals surface area contributed by atoms with Crippen molar-refractivity contribution in [3.05, 3.63) is 84.2 Å². The van der Waals surface area contributed by atoms with Crippen LogP contribution in [0, 0.1) is 11.3 Å². The van der Waals surface area contributed by atoms with Gasteiger partial charge in [0.05, 0.1) is 16.7 Å². The molecule has 4 aromatic rings. The summed E-state index contributed by atoms with van der Waals surface area (Å²) in [5.74, 6) is 0. The Labute approximate surface area is 221 Å². The summed E-state index contributed by atoms with van der Waals surface area (Å²) in [6.07, 6.45) is 1.33. The van der Waals surface area contributed by atoms with Gasteiger partial charge >= 0.3 is 6.09 Å². The zero-order chi connectivity index (χ0) is 27.1. The van der Waals surface area contributed by atoms with E-state index >= 15 is 0 Å². The van der Waals surface area contributed by atoms with Gasteiger partial charge in [-0.15, -0.1) is 0 Å². The first-order valence-corrected chi connectivity index (χ1v) is 12.5. The normalized spacial score (nSPS) is 20.8. The zero-order valence-electron chi connectivity index (χ0n) is 21.9. The topological polar surface area (TPSA) is 87.9 Å². The van der Waals surface area contributed by atoms with Crippen molar-refractivity contribution in [2.24, 2.45) is 0 Å². The third-order valence-corrected chi connectivity index (χ3v) is 6.73. The van der Waals surface area contributed by atoms with Gasteiger partial charge in [-0.2, -0.15) is 5.26 Å². The van der Waals surface area contributed by atoms with Crippen molar-refractivity contribution >= 4 is 17.0 Å². The van der Waals surface area contributed by atoms with Gasteiger partial charge in [0.25, 0.3) is 0 Å².